The molecule has 1 N–H and O–H groups in total. The molecule has 0 aromatic carbocycles. The molecule has 0 aromatic heterocycles. The minimum atomic E-state index is 0.130. The highest BCUT2D eigenvalue weighted by Crippen LogP contribution is 2.44. The zero-order valence-electron chi connectivity index (χ0n) is 11.4. The van der Waals surface area contributed by atoms with Crippen LogP contribution in [0.25, 0.3) is 0 Å². The van der Waals surface area contributed by atoms with Gasteiger partial charge in [-0.25, -0.2) is 0 Å². The lowest BCUT2D eigenvalue weighted by Gasteiger charge is -2.44. The maximum Gasteiger partial charge on any atom is 0.239 e. The second kappa shape index (κ2) is 5.20. The topological polar surface area (TPSA) is 32.3 Å². The lowest BCUT2D eigenvalue weighted by Crippen LogP contribution is -2.49. The highest BCUT2D eigenvalue weighted by Gasteiger charge is 2.38. The van der Waals surface area contributed by atoms with E-state index in [1.54, 1.807) is 0 Å². The van der Waals surface area contributed by atoms with Crippen molar-refractivity contribution in [3.8, 4) is 0 Å². The molecule has 2 saturated heterocycles. The van der Waals surface area contributed by atoms with E-state index in [9.17, 15) is 4.79 Å². The summed E-state index contributed by atoms with van der Waals surface area (Å²) in [5.41, 5.74) is 0.609. The number of carbonyl (C=O) groups is 1. The molecular weight excluding hydrogens is 224 g/mol. The zero-order valence-corrected chi connectivity index (χ0v) is 11.4. The normalized spacial score (nSPS) is 31.8. The van der Waals surface area contributed by atoms with Crippen LogP contribution in [-0.2, 0) is 4.79 Å². The lowest BCUT2D eigenvalue weighted by molar-refractivity contribution is -0.135. The van der Waals surface area contributed by atoms with Crippen LogP contribution in [0.2, 0.25) is 0 Å². The number of rotatable bonds is 1. The van der Waals surface area contributed by atoms with Gasteiger partial charge in [0.1, 0.15) is 0 Å². The Labute approximate surface area is 110 Å². The van der Waals surface area contributed by atoms with Crippen LogP contribution in [0, 0.1) is 5.41 Å². The second-order valence-electron chi connectivity index (χ2n) is 6.53. The Morgan fingerprint density at radius 1 is 1.00 bits per heavy atom. The van der Waals surface area contributed by atoms with Gasteiger partial charge in [0.2, 0.25) is 5.91 Å². The van der Waals surface area contributed by atoms with Crippen molar-refractivity contribution in [2.75, 3.05) is 19.6 Å². The lowest BCUT2D eigenvalue weighted by atomic mass is 9.68. The fraction of sp³-hybridized carbons (Fsp3) is 0.933. The molecule has 1 saturated carbocycles. The maximum absolute atomic E-state index is 12.3. The number of amides is 1. The average Bonchev–Trinajstić information content (AvgIpc) is 2.94. The van der Waals surface area contributed by atoms with Gasteiger partial charge in [0.25, 0.3) is 0 Å². The van der Waals surface area contributed by atoms with E-state index in [0.717, 1.165) is 32.5 Å². The Kier molecular flexibility index (Phi) is 3.60. The first-order chi connectivity index (χ1) is 8.79. The van der Waals surface area contributed by atoms with Crippen molar-refractivity contribution in [3.63, 3.8) is 0 Å². The van der Waals surface area contributed by atoms with Gasteiger partial charge in [-0.2, -0.15) is 0 Å². The largest absolute Gasteiger partial charge is 0.341 e. The zero-order chi connectivity index (χ0) is 12.4. The van der Waals surface area contributed by atoms with E-state index in [1.165, 1.54) is 44.9 Å². The molecule has 3 rings (SSSR count). The maximum atomic E-state index is 12.3. The molecule has 0 bridgehead atoms. The number of piperidine rings is 1. The van der Waals surface area contributed by atoms with E-state index in [1.807, 2.05) is 0 Å². The molecule has 3 aliphatic rings. The Balaban J connectivity index is 1.54. The van der Waals surface area contributed by atoms with Gasteiger partial charge in [-0.05, 0) is 50.5 Å². The summed E-state index contributed by atoms with van der Waals surface area (Å²) in [6, 6.07) is 0.130. The number of hydrogen-bond acceptors (Lipinski definition) is 2. The summed E-state index contributed by atoms with van der Waals surface area (Å²) in [5.74, 6) is 0.373. The molecule has 1 amide bonds. The summed E-state index contributed by atoms with van der Waals surface area (Å²) in [6.07, 6.45) is 11.8. The monoisotopic (exact) mass is 250 g/mol. The molecule has 2 heterocycles. The molecule has 2 aliphatic heterocycles. The molecule has 3 heteroatoms. The first-order valence-corrected chi connectivity index (χ1v) is 7.81. The first-order valence-electron chi connectivity index (χ1n) is 7.81. The molecule has 1 aliphatic carbocycles. The van der Waals surface area contributed by atoms with Crippen molar-refractivity contribution >= 4 is 5.91 Å². The number of carbonyl (C=O) groups excluding carboxylic acids is 1. The summed E-state index contributed by atoms with van der Waals surface area (Å²) in [7, 11) is 0. The van der Waals surface area contributed by atoms with Crippen LogP contribution in [0.3, 0.4) is 0 Å². The van der Waals surface area contributed by atoms with Crippen LogP contribution in [0.1, 0.15) is 57.8 Å². The van der Waals surface area contributed by atoms with Crippen molar-refractivity contribution in [3.05, 3.63) is 0 Å². The van der Waals surface area contributed by atoms with Gasteiger partial charge < -0.3 is 10.2 Å². The van der Waals surface area contributed by atoms with Crippen molar-refractivity contribution in [1.29, 1.82) is 0 Å². The molecular formula is C15H26N2O. The van der Waals surface area contributed by atoms with E-state index in [4.69, 9.17) is 0 Å². The minimum absolute atomic E-state index is 0.130. The molecule has 0 radical (unpaired) electrons. The highest BCUT2D eigenvalue weighted by atomic mass is 16.2. The van der Waals surface area contributed by atoms with Gasteiger partial charge in [-0.1, -0.05) is 19.3 Å². The fourth-order valence-electron chi connectivity index (χ4n) is 4.12. The molecule has 0 unspecified atom stereocenters. The second-order valence-corrected chi connectivity index (χ2v) is 6.53. The third-order valence-electron chi connectivity index (χ3n) is 5.41. The molecule has 0 aromatic rings. The van der Waals surface area contributed by atoms with Gasteiger partial charge in [-0.3, -0.25) is 4.79 Å². The SMILES string of the molecule is O=C([C@@H]1CCCN1)N1CCC2(CCCCC2)CC1. The third-order valence-corrected chi connectivity index (χ3v) is 5.41. The van der Waals surface area contributed by atoms with Gasteiger partial charge in [0, 0.05) is 13.1 Å². The van der Waals surface area contributed by atoms with E-state index in [2.05, 4.69) is 10.2 Å². The molecule has 102 valence electrons. The van der Waals surface area contributed by atoms with Gasteiger partial charge in [-0.15, -0.1) is 0 Å². The standard InChI is InChI=1S/C15H26N2O/c18-14(13-5-4-10-16-13)17-11-8-15(9-12-17)6-2-1-3-7-15/h13,16H,1-12H2/t13-/m0/s1. The van der Waals surface area contributed by atoms with Crippen LogP contribution < -0.4 is 5.32 Å². The van der Waals surface area contributed by atoms with Crippen LogP contribution in [0.15, 0.2) is 0 Å². The summed E-state index contributed by atoms with van der Waals surface area (Å²) >= 11 is 0. The number of likely N-dealkylation sites (tertiary alicyclic amines) is 1. The molecule has 3 fully saturated rings. The van der Waals surface area contributed by atoms with Crippen LogP contribution in [0.4, 0.5) is 0 Å². The van der Waals surface area contributed by atoms with Gasteiger partial charge in [0.15, 0.2) is 0 Å². The molecule has 1 spiro atoms. The third kappa shape index (κ3) is 2.42. The number of nitrogens with one attached hydrogen (secondary N) is 1. The van der Waals surface area contributed by atoms with Crippen molar-refractivity contribution in [2.24, 2.45) is 5.41 Å². The van der Waals surface area contributed by atoms with Crippen molar-refractivity contribution < 1.29 is 4.79 Å². The fourth-order valence-corrected chi connectivity index (χ4v) is 4.12. The predicted molar refractivity (Wildman–Crippen MR) is 72.4 cm³/mol. The summed E-state index contributed by atoms with van der Waals surface area (Å²) in [5, 5.41) is 3.33. The number of hydrogen-bond donors (Lipinski definition) is 1. The van der Waals surface area contributed by atoms with Crippen LogP contribution >= 0.6 is 0 Å². The minimum Gasteiger partial charge on any atom is -0.341 e. The van der Waals surface area contributed by atoms with E-state index in [-0.39, 0.29) is 6.04 Å². The number of nitrogens with zero attached hydrogens (tertiary/aromatic N) is 1. The average molecular weight is 250 g/mol. The Morgan fingerprint density at radius 2 is 1.72 bits per heavy atom. The van der Waals surface area contributed by atoms with Gasteiger partial charge >= 0.3 is 0 Å². The molecule has 1 atom stereocenters. The Hall–Kier alpha value is -0.570. The van der Waals surface area contributed by atoms with Crippen molar-refractivity contribution in [1.82, 2.24) is 10.2 Å². The predicted octanol–water partition coefficient (Wildman–Crippen LogP) is 2.31. The van der Waals surface area contributed by atoms with Crippen LogP contribution in [0.5, 0.6) is 0 Å². The molecule has 18 heavy (non-hydrogen) atoms. The van der Waals surface area contributed by atoms with E-state index < -0.39 is 0 Å². The molecule has 3 nitrogen and oxygen atoms in total. The smallest absolute Gasteiger partial charge is 0.239 e. The first kappa shape index (κ1) is 12.5. The quantitative estimate of drug-likeness (QED) is 0.774. The van der Waals surface area contributed by atoms with Crippen LogP contribution in [-0.4, -0.2) is 36.5 Å². The Bertz CT molecular complexity index is 294. The van der Waals surface area contributed by atoms with E-state index in [0.29, 0.717) is 11.3 Å². The highest BCUT2D eigenvalue weighted by molar-refractivity contribution is 5.82. The summed E-state index contributed by atoms with van der Waals surface area (Å²) in [4.78, 5) is 14.5. The van der Waals surface area contributed by atoms with E-state index >= 15 is 0 Å². The van der Waals surface area contributed by atoms with Crippen molar-refractivity contribution in [2.45, 2.75) is 63.8 Å². The Morgan fingerprint density at radius 3 is 2.33 bits per heavy atom. The summed E-state index contributed by atoms with van der Waals surface area (Å²) in [6.45, 7) is 3.04. The van der Waals surface area contributed by atoms with Gasteiger partial charge in [0.05, 0.1) is 6.04 Å². The summed E-state index contributed by atoms with van der Waals surface area (Å²) < 4.78 is 0.